The van der Waals surface area contributed by atoms with Crippen molar-refractivity contribution in [2.24, 2.45) is 0 Å². The lowest BCUT2D eigenvalue weighted by molar-refractivity contribution is -0.127. The van der Waals surface area contributed by atoms with Crippen LogP contribution < -0.4 is 10.9 Å². The first-order chi connectivity index (χ1) is 12.6. The Morgan fingerprint density at radius 3 is 2.88 bits per heavy atom. The third-order valence-corrected chi connectivity index (χ3v) is 5.09. The van der Waals surface area contributed by atoms with Crippen molar-refractivity contribution in [3.05, 3.63) is 33.7 Å². The minimum Gasteiger partial charge on any atom is -0.376 e. The quantitative estimate of drug-likeness (QED) is 0.737. The molecule has 1 aromatic heterocycles. The number of amides is 2. The van der Waals surface area contributed by atoms with Gasteiger partial charge in [0.05, 0.1) is 12.6 Å². The average Bonchev–Trinajstić information content (AvgIpc) is 3.26. The molecule has 142 valence electrons. The van der Waals surface area contributed by atoms with Gasteiger partial charge in [-0.1, -0.05) is 0 Å². The van der Waals surface area contributed by atoms with E-state index in [9.17, 15) is 14.4 Å². The Kier molecular flexibility index (Phi) is 6.08. The molecule has 7 nitrogen and oxygen atoms in total. The Labute approximate surface area is 153 Å². The number of hydrogen-bond acceptors (Lipinski definition) is 4. The van der Waals surface area contributed by atoms with E-state index in [-0.39, 0.29) is 29.0 Å². The van der Waals surface area contributed by atoms with Gasteiger partial charge in [0.15, 0.2) is 0 Å². The van der Waals surface area contributed by atoms with Crippen LogP contribution >= 0.6 is 0 Å². The molecule has 2 amide bonds. The Morgan fingerprint density at radius 1 is 1.35 bits per heavy atom. The van der Waals surface area contributed by atoms with Crippen LogP contribution in [0.15, 0.2) is 17.1 Å². The Balaban J connectivity index is 1.57. The van der Waals surface area contributed by atoms with Crippen LogP contribution in [0.1, 0.15) is 48.0 Å². The summed E-state index contributed by atoms with van der Waals surface area (Å²) < 4.78 is 7.16. The summed E-state index contributed by atoms with van der Waals surface area (Å²) in [4.78, 5) is 38.6. The van der Waals surface area contributed by atoms with Crippen LogP contribution in [0.4, 0.5) is 0 Å². The van der Waals surface area contributed by atoms with E-state index in [1.165, 1.54) is 0 Å². The van der Waals surface area contributed by atoms with Crippen molar-refractivity contribution in [2.75, 3.05) is 26.2 Å². The van der Waals surface area contributed by atoms with Crippen molar-refractivity contribution in [3.63, 3.8) is 0 Å². The largest absolute Gasteiger partial charge is 0.376 e. The van der Waals surface area contributed by atoms with E-state index in [1.54, 1.807) is 23.8 Å². The molecule has 0 spiro atoms. The van der Waals surface area contributed by atoms with Crippen LogP contribution in [0.25, 0.3) is 0 Å². The minimum atomic E-state index is -0.345. The second kappa shape index (κ2) is 8.49. The summed E-state index contributed by atoms with van der Waals surface area (Å²) >= 11 is 0. The van der Waals surface area contributed by atoms with Gasteiger partial charge in [-0.3, -0.25) is 14.4 Å². The molecule has 3 rings (SSSR count). The second-order valence-electron chi connectivity index (χ2n) is 7.06. The van der Waals surface area contributed by atoms with E-state index < -0.39 is 0 Å². The van der Waals surface area contributed by atoms with Gasteiger partial charge in [-0.05, 0) is 44.2 Å². The first-order valence-corrected chi connectivity index (χ1v) is 9.44. The Morgan fingerprint density at radius 2 is 2.19 bits per heavy atom. The van der Waals surface area contributed by atoms with Crippen molar-refractivity contribution >= 4 is 11.8 Å². The van der Waals surface area contributed by atoms with Gasteiger partial charge >= 0.3 is 0 Å². The fourth-order valence-electron chi connectivity index (χ4n) is 3.59. The molecule has 2 aliphatic rings. The van der Waals surface area contributed by atoms with E-state index in [0.29, 0.717) is 38.0 Å². The molecule has 0 saturated carbocycles. The van der Waals surface area contributed by atoms with Gasteiger partial charge in [0.1, 0.15) is 5.56 Å². The zero-order chi connectivity index (χ0) is 18.5. The average molecular weight is 361 g/mol. The molecule has 1 aromatic rings. The highest BCUT2D eigenvalue weighted by Crippen LogP contribution is 2.14. The molecule has 2 fully saturated rings. The molecule has 3 heterocycles. The predicted molar refractivity (Wildman–Crippen MR) is 97.2 cm³/mol. The van der Waals surface area contributed by atoms with Crippen molar-refractivity contribution in [1.82, 2.24) is 14.8 Å². The molecule has 0 aromatic carbocycles. The number of carbonyl (C=O) groups is 2. The number of carbonyl (C=O) groups excluding carboxylic acids is 2. The van der Waals surface area contributed by atoms with Crippen molar-refractivity contribution in [2.45, 2.75) is 51.7 Å². The third-order valence-electron chi connectivity index (χ3n) is 5.09. The molecule has 1 unspecified atom stereocenters. The zero-order valence-electron chi connectivity index (χ0n) is 15.3. The first kappa shape index (κ1) is 18.6. The number of hydrogen-bond donors (Lipinski definition) is 1. The number of likely N-dealkylation sites (tertiary alicyclic amines) is 1. The van der Waals surface area contributed by atoms with Gasteiger partial charge in [0, 0.05) is 38.9 Å². The van der Waals surface area contributed by atoms with Crippen molar-refractivity contribution in [3.8, 4) is 0 Å². The van der Waals surface area contributed by atoms with Gasteiger partial charge in [0.25, 0.3) is 11.5 Å². The molecule has 1 N–H and O–H groups in total. The molecule has 2 saturated heterocycles. The fourth-order valence-corrected chi connectivity index (χ4v) is 3.59. The van der Waals surface area contributed by atoms with Crippen molar-refractivity contribution < 1.29 is 14.3 Å². The topological polar surface area (TPSA) is 80.6 Å². The monoisotopic (exact) mass is 361 g/mol. The smallest absolute Gasteiger partial charge is 0.263 e. The zero-order valence-corrected chi connectivity index (χ0v) is 15.3. The van der Waals surface area contributed by atoms with E-state index in [4.69, 9.17) is 4.74 Å². The minimum absolute atomic E-state index is 0.0457. The van der Waals surface area contributed by atoms with Crippen LogP contribution in [0.3, 0.4) is 0 Å². The predicted octanol–water partition coefficient (Wildman–Crippen LogP) is 1.08. The summed E-state index contributed by atoms with van der Waals surface area (Å²) in [5, 5.41) is 2.82. The van der Waals surface area contributed by atoms with Crippen molar-refractivity contribution in [1.29, 1.82) is 0 Å². The van der Waals surface area contributed by atoms with Gasteiger partial charge in [-0.25, -0.2) is 0 Å². The maximum Gasteiger partial charge on any atom is 0.263 e. The molecule has 1 atom stereocenters. The molecular weight excluding hydrogens is 334 g/mol. The molecule has 0 radical (unpaired) electrons. The molecular formula is C19H27N3O4. The van der Waals surface area contributed by atoms with E-state index >= 15 is 0 Å². The van der Waals surface area contributed by atoms with Crippen LogP contribution in [0.2, 0.25) is 0 Å². The van der Waals surface area contributed by atoms with Crippen LogP contribution in [0.5, 0.6) is 0 Å². The molecule has 26 heavy (non-hydrogen) atoms. The Hall–Kier alpha value is -2.15. The van der Waals surface area contributed by atoms with Crippen LogP contribution in [-0.4, -0.2) is 53.6 Å². The lowest BCUT2D eigenvalue weighted by atomic mass is 10.1. The summed E-state index contributed by atoms with van der Waals surface area (Å²) in [7, 11) is 0. The van der Waals surface area contributed by atoms with Crippen LogP contribution in [0, 0.1) is 6.92 Å². The van der Waals surface area contributed by atoms with Crippen LogP contribution in [-0.2, 0) is 16.1 Å². The summed E-state index contributed by atoms with van der Waals surface area (Å²) in [6.07, 6.45) is 5.96. The number of nitrogens with one attached hydrogen (secondary N) is 1. The lowest BCUT2D eigenvalue weighted by Gasteiger charge is -2.16. The summed E-state index contributed by atoms with van der Waals surface area (Å²) in [6.45, 7) is 4.89. The molecule has 2 aliphatic heterocycles. The first-order valence-electron chi connectivity index (χ1n) is 9.44. The van der Waals surface area contributed by atoms with E-state index in [0.717, 1.165) is 32.4 Å². The third kappa shape index (κ3) is 4.33. The Bertz CT molecular complexity index is 722. The number of ether oxygens (including phenoxy) is 1. The lowest BCUT2D eigenvalue weighted by Crippen LogP contribution is -2.36. The standard InChI is InChI=1S/C19H27N3O4/c1-14-7-11-22(13-15-5-3-12-26-15)19(25)17(14)18(24)20-8-4-10-21-9-2-6-16(21)23/h7,11,15H,2-6,8-10,12-13H2,1H3,(H,20,24). The number of pyridine rings is 1. The number of aryl methyl sites for hydroxylation is 1. The highest BCUT2D eigenvalue weighted by molar-refractivity contribution is 5.95. The molecule has 0 bridgehead atoms. The second-order valence-corrected chi connectivity index (χ2v) is 7.06. The van der Waals surface area contributed by atoms with E-state index in [1.807, 2.05) is 4.90 Å². The van der Waals surface area contributed by atoms with Gasteiger partial charge in [-0.15, -0.1) is 0 Å². The summed E-state index contributed by atoms with van der Waals surface area (Å²) in [6, 6.07) is 1.80. The molecule has 0 aliphatic carbocycles. The fraction of sp³-hybridized carbons (Fsp3) is 0.632. The number of rotatable bonds is 7. The highest BCUT2D eigenvalue weighted by atomic mass is 16.5. The maximum atomic E-state index is 12.7. The number of nitrogens with zero attached hydrogens (tertiary/aromatic N) is 2. The highest BCUT2D eigenvalue weighted by Gasteiger charge is 2.21. The SMILES string of the molecule is Cc1ccn(CC2CCCO2)c(=O)c1C(=O)NCCCN1CCCC1=O. The molecule has 7 heteroatoms. The van der Waals surface area contributed by atoms with Gasteiger partial charge in [0.2, 0.25) is 5.91 Å². The number of aromatic nitrogens is 1. The summed E-state index contributed by atoms with van der Waals surface area (Å²) in [5.74, 6) is -0.158. The van der Waals surface area contributed by atoms with Gasteiger partial charge in [-0.2, -0.15) is 0 Å². The van der Waals surface area contributed by atoms with E-state index in [2.05, 4.69) is 5.32 Å². The normalized spacial score (nSPS) is 20.0. The van der Waals surface area contributed by atoms with Gasteiger partial charge < -0.3 is 19.5 Å². The summed E-state index contributed by atoms with van der Waals surface area (Å²) in [5.41, 5.74) is 0.598. The maximum absolute atomic E-state index is 12.7.